The quantitative estimate of drug-likeness (QED) is 0.567. The van der Waals surface area contributed by atoms with Crippen LogP contribution in [0.3, 0.4) is 0 Å². The van der Waals surface area contributed by atoms with Gasteiger partial charge in [0.2, 0.25) is 10.0 Å². The van der Waals surface area contributed by atoms with Crippen LogP contribution in [-0.4, -0.2) is 24.7 Å². The molecule has 1 aromatic heterocycles. The molecular weight excluding hydrogens is 328 g/mol. The smallest absolute Gasteiger partial charge is 0.242 e. The summed E-state index contributed by atoms with van der Waals surface area (Å²) in [5.74, 6) is 0. The minimum atomic E-state index is -3.58. The first-order valence-electron chi connectivity index (χ1n) is 6.02. The van der Waals surface area contributed by atoms with Crippen molar-refractivity contribution in [2.45, 2.75) is 18.0 Å². The predicted molar refractivity (Wildman–Crippen MR) is 87.7 cm³/mol. The molecule has 9 heteroatoms. The molecule has 0 saturated carbocycles. The average molecular weight is 342 g/mol. The molecule has 1 heterocycles. The highest BCUT2D eigenvalue weighted by Crippen LogP contribution is 2.10. The SMILES string of the molecule is CC(NC(=S)Nc1nccs1)NS(=O)(=O)c1ccccc1. The molecule has 1 aromatic carbocycles. The maximum Gasteiger partial charge on any atom is 0.242 e. The van der Waals surface area contributed by atoms with Crippen molar-refractivity contribution in [1.29, 1.82) is 0 Å². The molecule has 0 radical (unpaired) electrons. The highest BCUT2D eigenvalue weighted by molar-refractivity contribution is 7.89. The highest BCUT2D eigenvalue weighted by atomic mass is 32.2. The molecule has 1 unspecified atom stereocenters. The zero-order valence-corrected chi connectivity index (χ0v) is 13.6. The van der Waals surface area contributed by atoms with Gasteiger partial charge in [-0.1, -0.05) is 18.2 Å². The van der Waals surface area contributed by atoms with E-state index in [4.69, 9.17) is 12.2 Å². The summed E-state index contributed by atoms with van der Waals surface area (Å²) in [6, 6.07) is 8.15. The third-order valence-corrected chi connectivity index (χ3v) is 4.85. The van der Waals surface area contributed by atoms with Gasteiger partial charge in [-0.25, -0.2) is 13.4 Å². The number of nitrogens with zero attached hydrogens (tertiary/aromatic N) is 1. The molecule has 0 bridgehead atoms. The Morgan fingerprint density at radius 3 is 2.67 bits per heavy atom. The fraction of sp³-hybridized carbons (Fsp3) is 0.167. The van der Waals surface area contributed by atoms with E-state index in [0.717, 1.165) is 0 Å². The lowest BCUT2D eigenvalue weighted by Crippen LogP contribution is -2.47. The summed E-state index contributed by atoms with van der Waals surface area (Å²) in [6.07, 6.45) is 1.09. The first kappa shape index (κ1) is 15.8. The summed E-state index contributed by atoms with van der Waals surface area (Å²) in [4.78, 5) is 4.23. The van der Waals surface area contributed by atoms with Gasteiger partial charge in [0.05, 0.1) is 11.1 Å². The van der Waals surface area contributed by atoms with Crippen molar-refractivity contribution in [2.24, 2.45) is 0 Å². The fourth-order valence-electron chi connectivity index (χ4n) is 1.54. The first-order chi connectivity index (χ1) is 9.97. The van der Waals surface area contributed by atoms with Crippen molar-refractivity contribution in [3.8, 4) is 0 Å². The molecule has 1 atom stereocenters. The summed E-state index contributed by atoms with van der Waals surface area (Å²) >= 11 is 6.49. The van der Waals surface area contributed by atoms with E-state index in [1.807, 2.05) is 5.38 Å². The second-order valence-corrected chi connectivity index (χ2v) is 7.11. The lowest BCUT2D eigenvalue weighted by Gasteiger charge is -2.17. The maximum atomic E-state index is 12.1. The van der Waals surface area contributed by atoms with Gasteiger partial charge in [0.15, 0.2) is 10.2 Å². The van der Waals surface area contributed by atoms with E-state index in [2.05, 4.69) is 20.3 Å². The zero-order chi connectivity index (χ0) is 15.3. The van der Waals surface area contributed by atoms with Crippen LogP contribution in [0.25, 0.3) is 0 Å². The van der Waals surface area contributed by atoms with Crippen molar-refractivity contribution in [1.82, 2.24) is 15.0 Å². The van der Waals surface area contributed by atoms with Crippen molar-refractivity contribution < 1.29 is 8.42 Å². The van der Waals surface area contributed by atoms with E-state index in [9.17, 15) is 8.42 Å². The van der Waals surface area contributed by atoms with Crippen LogP contribution in [0.1, 0.15) is 6.92 Å². The summed E-state index contributed by atoms with van der Waals surface area (Å²) in [5, 5.41) is 8.47. The first-order valence-corrected chi connectivity index (χ1v) is 8.79. The Balaban J connectivity index is 1.92. The predicted octanol–water partition coefficient (Wildman–Crippen LogP) is 1.75. The molecule has 0 amide bonds. The third-order valence-electron chi connectivity index (χ3n) is 2.39. The number of thiocarbonyl (C=S) groups is 1. The van der Waals surface area contributed by atoms with Crippen LogP contribution >= 0.6 is 23.6 Å². The van der Waals surface area contributed by atoms with Crippen LogP contribution in [0.2, 0.25) is 0 Å². The summed E-state index contributed by atoms with van der Waals surface area (Å²) in [5.41, 5.74) is 0. The summed E-state index contributed by atoms with van der Waals surface area (Å²) < 4.78 is 26.7. The number of anilines is 1. The van der Waals surface area contributed by atoms with Gasteiger partial charge in [-0.15, -0.1) is 11.3 Å². The van der Waals surface area contributed by atoms with E-state index < -0.39 is 16.2 Å². The van der Waals surface area contributed by atoms with Crippen LogP contribution in [-0.2, 0) is 10.0 Å². The fourth-order valence-corrected chi connectivity index (χ4v) is 3.59. The molecule has 21 heavy (non-hydrogen) atoms. The van der Waals surface area contributed by atoms with Gasteiger partial charge in [0, 0.05) is 11.6 Å². The second-order valence-electron chi connectivity index (χ2n) is 4.09. The van der Waals surface area contributed by atoms with Gasteiger partial charge in [0.25, 0.3) is 0 Å². The Labute approximate surface area is 132 Å². The van der Waals surface area contributed by atoms with E-state index in [1.54, 1.807) is 31.3 Å². The number of benzene rings is 1. The van der Waals surface area contributed by atoms with Gasteiger partial charge in [-0.2, -0.15) is 4.72 Å². The van der Waals surface area contributed by atoms with Crippen LogP contribution < -0.4 is 15.4 Å². The van der Waals surface area contributed by atoms with Crippen LogP contribution in [0.15, 0.2) is 46.8 Å². The average Bonchev–Trinajstić information content (AvgIpc) is 2.91. The minimum absolute atomic E-state index is 0.206. The third kappa shape index (κ3) is 4.74. The Hall–Kier alpha value is -1.55. The van der Waals surface area contributed by atoms with Crippen LogP contribution in [0.5, 0.6) is 0 Å². The van der Waals surface area contributed by atoms with Crippen LogP contribution in [0.4, 0.5) is 5.13 Å². The molecule has 0 aliphatic rings. The molecule has 112 valence electrons. The molecule has 2 rings (SSSR count). The minimum Gasteiger partial charge on any atom is -0.346 e. The van der Waals surface area contributed by atoms with E-state index >= 15 is 0 Å². The second kappa shape index (κ2) is 6.94. The van der Waals surface area contributed by atoms with Crippen molar-refractivity contribution >= 4 is 43.8 Å². The molecule has 6 nitrogen and oxygen atoms in total. The highest BCUT2D eigenvalue weighted by Gasteiger charge is 2.17. The van der Waals surface area contributed by atoms with Crippen molar-refractivity contribution in [3.63, 3.8) is 0 Å². The maximum absolute atomic E-state index is 12.1. The number of hydrogen-bond acceptors (Lipinski definition) is 5. The Kier molecular flexibility index (Phi) is 5.23. The Bertz CT molecular complexity index is 687. The number of rotatable bonds is 5. The van der Waals surface area contributed by atoms with E-state index in [-0.39, 0.29) is 4.90 Å². The van der Waals surface area contributed by atoms with E-state index in [0.29, 0.717) is 10.2 Å². The molecule has 2 aromatic rings. The zero-order valence-electron chi connectivity index (χ0n) is 11.1. The topological polar surface area (TPSA) is 83.1 Å². The van der Waals surface area contributed by atoms with Crippen molar-refractivity contribution in [2.75, 3.05) is 5.32 Å². The Morgan fingerprint density at radius 1 is 1.33 bits per heavy atom. The molecular formula is C12H14N4O2S3. The standard InChI is InChI=1S/C12H14N4O2S3/c1-9(14-11(19)15-12-13-7-8-20-12)16-21(17,18)10-5-3-2-4-6-10/h2-9,16H,1H3,(H2,13,14,15,19). The van der Waals surface area contributed by atoms with Gasteiger partial charge in [0.1, 0.15) is 0 Å². The van der Waals surface area contributed by atoms with E-state index in [1.165, 1.54) is 23.5 Å². The number of nitrogens with one attached hydrogen (secondary N) is 3. The number of thiazole rings is 1. The molecule has 0 aliphatic heterocycles. The normalized spacial score (nSPS) is 12.6. The molecule has 0 saturated heterocycles. The van der Waals surface area contributed by atoms with Gasteiger partial charge >= 0.3 is 0 Å². The Morgan fingerprint density at radius 2 is 2.05 bits per heavy atom. The number of aromatic nitrogens is 1. The monoisotopic (exact) mass is 342 g/mol. The lowest BCUT2D eigenvalue weighted by molar-refractivity contribution is 0.552. The van der Waals surface area contributed by atoms with Gasteiger partial charge in [-0.3, -0.25) is 0 Å². The van der Waals surface area contributed by atoms with Gasteiger partial charge in [-0.05, 0) is 31.3 Å². The number of hydrogen-bond donors (Lipinski definition) is 3. The lowest BCUT2D eigenvalue weighted by atomic mass is 10.4. The summed E-state index contributed by atoms with van der Waals surface area (Å²) in [7, 11) is -3.58. The summed E-state index contributed by atoms with van der Waals surface area (Å²) in [6.45, 7) is 1.66. The number of sulfonamides is 1. The molecule has 0 fully saturated rings. The van der Waals surface area contributed by atoms with Crippen molar-refractivity contribution in [3.05, 3.63) is 41.9 Å². The molecule has 3 N–H and O–H groups in total. The van der Waals surface area contributed by atoms with Crippen LogP contribution in [0, 0.1) is 0 Å². The molecule has 0 spiro atoms. The van der Waals surface area contributed by atoms with Gasteiger partial charge < -0.3 is 10.6 Å². The largest absolute Gasteiger partial charge is 0.346 e. The molecule has 0 aliphatic carbocycles.